The van der Waals surface area contributed by atoms with Gasteiger partial charge in [-0.25, -0.2) is 0 Å². The second-order valence-corrected chi connectivity index (χ2v) is 6.47. The van der Waals surface area contributed by atoms with Crippen molar-refractivity contribution in [1.82, 2.24) is 9.88 Å². The summed E-state index contributed by atoms with van der Waals surface area (Å²) < 4.78 is 6.00. The number of nitrogens with one attached hydrogen (secondary N) is 1. The molecule has 0 saturated heterocycles. The molecule has 1 aromatic heterocycles. The number of benzene rings is 2. The summed E-state index contributed by atoms with van der Waals surface area (Å²) in [7, 11) is 3.12. The van der Waals surface area contributed by atoms with Gasteiger partial charge < -0.3 is 14.6 Å². The molecule has 1 amide bonds. The van der Waals surface area contributed by atoms with Crippen molar-refractivity contribution >= 4 is 22.6 Å². The van der Waals surface area contributed by atoms with E-state index in [1.54, 1.807) is 26.4 Å². The number of hydrogen-bond donors (Lipinski definition) is 1. The molecule has 0 unspecified atom stereocenters. The Labute approximate surface area is 158 Å². The fourth-order valence-corrected chi connectivity index (χ4v) is 2.95. The third-order valence-electron chi connectivity index (χ3n) is 4.33. The number of aromatic amines is 1. The molecule has 5 nitrogen and oxygen atoms in total. The molecule has 3 aromatic rings. The van der Waals surface area contributed by atoms with Crippen LogP contribution < -0.4 is 4.74 Å². The fourth-order valence-electron chi connectivity index (χ4n) is 2.95. The molecule has 0 aliphatic rings. The summed E-state index contributed by atoms with van der Waals surface area (Å²) >= 11 is 0. The number of H-pyrrole nitrogens is 1. The maximum Gasteiger partial charge on any atom is 0.294 e. The van der Waals surface area contributed by atoms with Crippen LogP contribution in [0.2, 0.25) is 0 Å². The van der Waals surface area contributed by atoms with Crippen LogP contribution in [0.25, 0.3) is 10.9 Å². The molecule has 0 saturated carbocycles. The van der Waals surface area contributed by atoms with Gasteiger partial charge in [-0.05, 0) is 23.6 Å². The number of hydrogen-bond acceptors (Lipinski definition) is 3. The van der Waals surface area contributed by atoms with Gasteiger partial charge >= 0.3 is 0 Å². The van der Waals surface area contributed by atoms with Crippen molar-refractivity contribution < 1.29 is 14.3 Å². The van der Waals surface area contributed by atoms with Gasteiger partial charge in [0.15, 0.2) is 0 Å². The Balaban J connectivity index is 2.05. The first kappa shape index (κ1) is 18.5. The van der Waals surface area contributed by atoms with Crippen molar-refractivity contribution in [2.45, 2.75) is 13.0 Å². The van der Waals surface area contributed by atoms with Gasteiger partial charge in [-0.3, -0.25) is 9.59 Å². The molecule has 138 valence electrons. The van der Waals surface area contributed by atoms with Gasteiger partial charge in [0.05, 0.1) is 16.5 Å². The van der Waals surface area contributed by atoms with E-state index in [9.17, 15) is 9.59 Å². The number of fused-ring (bicyclic) bond motifs is 1. The number of amides is 1. The Morgan fingerprint density at radius 2 is 1.89 bits per heavy atom. The molecule has 3 rings (SSSR count). The minimum atomic E-state index is -0.570. The maximum absolute atomic E-state index is 12.7. The highest BCUT2D eigenvalue weighted by molar-refractivity contribution is 6.45. The number of rotatable bonds is 7. The van der Waals surface area contributed by atoms with Gasteiger partial charge in [0, 0.05) is 20.3 Å². The van der Waals surface area contributed by atoms with Crippen LogP contribution in [0.4, 0.5) is 0 Å². The first-order valence-corrected chi connectivity index (χ1v) is 8.69. The number of likely N-dealkylation sites (N-methyl/N-ethyl adjacent to an activating group) is 1. The molecule has 0 fully saturated rings. The summed E-state index contributed by atoms with van der Waals surface area (Å²) in [6, 6.07) is 13.6. The fraction of sp³-hybridized carbons (Fsp3) is 0.182. The van der Waals surface area contributed by atoms with Gasteiger partial charge in [0.1, 0.15) is 12.4 Å². The average Bonchev–Trinajstić information content (AvgIpc) is 3.13. The van der Waals surface area contributed by atoms with Crippen molar-refractivity contribution in [3.8, 4) is 5.75 Å². The van der Waals surface area contributed by atoms with Crippen LogP contribution >= 0.6 is 0 Å². The number of ketones is 1. The number of Topliss-reactive ketones (excluding diaryl/α,β-unsaturated/α-hetero) is 1. The predicted molar refractivity (Wildman–Crippen MR) is 106 cm³/mol. The van der Waals surface area contributed by atoms with Crippen LogP contribution in [0, 0.1) is 0 Å². The van der Waals surface area contributed by atoms with Crippen molar-refractivity contribution in [2.75, 3.05) is 14.1 Å². The van der Waals surface area contributed by atoms with Gasteiger partial charge in [0.2, 0.25) is 0 Å². The van der Waals surface area contributed by atoms with Gasteiger partial charge in [-0.2, -0.15) is 0 Å². The summed E-state index contributed by atoms with van der Waals surface area (Å²) in [5.41, 5.74) is 3.12. The highest BCUT2D eigenvalue weighted by atomic mass is 16.5. The molecular weight excluding hydrogens is 340 g/mol. The van der Waals surface area contributed by atoms with E-state index >= 15 is 0 Å². The SMILES string of the molecule is C=CCc1ccc(OCc2ccccc2)c2c(C(=O)C(=O)N(C)C)c[nH]c12. The van der Waals surface area contributed by atoms with Gasteiger partial charge in [-0.1, -0.05) is 42.5 Å². The molecule has 0 aliphatic carbocycles. The standard InChI is InChI=1S/C22H22N2O3/c1-4-8-16-11-12-18(27-14-15-9-6-5-7-10-15)19-17(13-23-20(16)19)21(25)22(26)24(2)3/h4-7,9-13,23H,1,8,14H2,2-3H3. The van der Waals surface area contributed by atoms with Crippen LogP contribution in [-0.2, 0) is 17.8 Å². The Bertz CT molecular complexity index is 987. The quantitative estimate of drug-likeness (QED) is 0.396. The van der Waals surface area contributed by atoms with E-state index in [1.165, 1.54) is 4.90 Å². The first-order valence-electron chi connectivity index (χ1n) is 8.69. The normalized spacial score (nSPS) is 10.6. The molecule has 1 N–H and O–H groups in total. The number of allylic oxidation sites excluding steroid dienone is 1. The maximum atomic E-state index is 12.7. The van der Waals surface area contributed by atoms with Crippen molar-refractivity contribution in [2.24, 2.45) is 0 Å². The molecule has 0 atom stereocenters. The first-order chi connectivity index (χ1) is 13.0. The molecule has 2 aromatic carbocycles. The summed E-state index contributed by atoms with van der Waals surface area (Å²) in [5.74, 6) is -0.566. The van der Waals surface area contributed by atoms with E-state index in [4.69, 9.17) is 4.74 Å². The summed E-state index contributed by atoms with van der Waals surface area (Å²) in [6.45, 7) is 4.15. The smallest absolute Gasteiger partial charge is 0.294 e. The Kier molecular flexibility index (Phi) is 5.41. The van der Waals surface area contributed by atoms with Crippen molar-refractivity contribution in [1.29, 1.82) is 0 Å². The number of carbonyl (C=O) groups excluding carboxylic acids is 2. The Morgan fingerprint density at radius 1 is 1.15 bits per heavy atom. The third-order valence-corrected chi connectivity index (χ3v) is 4.33. The van der Waals surface area contributed by atoms with Crippen LogP contribution in [0.1, 0.15) is 21.5 Å². The van der Waals surface area contributed by atoms with E-state index in [0.29, 0.717) is 29.7 Å². The molecule has 0 radical (unpaired) electrons. The van der Waals surface area contributed by atoms with Crippen LogP contribution in [0.5, 0.6) is 5.75 Å². The number of carbonyl (C=O) groups is 2. The number of nitrogens with zero attached hydrogens (tertiary/aromatic N) is 1. The zero-order valence-corrected chi connectivity index (χ0v) is 15.5. The topological polar surface area (TPSA) is 62.4 Å². The van der Waals surface area contributed by atoms with E-state index < -0.39 is 11.7 Å². The number of aromatic nitrogens is 1. The average molecular weight is 362 g/mol. The minimum absolute atomic E-state index is 0.317. The second-order valence-electron chi connectivity index (χ2n) is 6.47. The second kappa shape index (κ2) is 7.91. The molecule has 1 heterocycles. The van der Waals surface area contributed by atoms with Gasteiger partial charge in [-0.15, -0.1) is 6.58 Å². The van der Waals surface area contributed by atoms with Crippen LogP contribution in [0.3, 0.4) is 0 Å². The molecule has 0 bridgehead atoms. The minimum Gasteiger partial charge on any atom is -0.488 e. The van der Waals surface area contributed by atoms with E-state index in [0.717, 1.165) is 16.6 Å². The molecule has 0 spiro atoms. The monoisotopic (exact) mass is 362 g/mol. The summed E-state index contributed by atoms with van der Waals surface area (Å²) in [4.78, 5) is 29.3. The van der Waals surface area contributed by atoms with Crippen molar-refractivity contribution in [3.63, 3.8) is 0 Å². The van der Waals surface area contributed by atoms with E-state index in [2.05, 4.69) is 11.6 Å². The largest absolute Gasteiger partial charge is 0.488 e. The highest BCUT2D eigenvalue weighted by Gasteiger charge is 2.24. The lowest BCUT2D eigenvalue weighted by Crippen LogP contribution is -2.29. The van der Waals surface area contributed by atoms with Crippen LogP contribution in [0.15, 0.2) is 61.3 Å². The molecular formula is C22H22N2O3. The third kappa shape index (κ3) is 3.77. The molecule has 27 heavy (non-hydrogen) atoms. The Hall–Kier alpha value is -3.34. The summed E-state index contributed by atoms with van der Waals surface area (Å²) in [5, 5.41) is 0.630. The lowest BCUT2D eigenvalue weighted by molar-refractivity contribution is -0.124. The lowest BCUT2D eigenvalue weighted by Gasteiger charge is -2.12. The van der Waals surface area contributed by atoms with E-state index in [-0.39, 0.29) is 0 Å². The van der Waals surface area contributed by atoms with Gasteiger partial charge in [0.25, 0.3) is 11.7 Å². The molecule has 5 heteroatoms. The number of ether oxygens (including phenoxy) is 1. The predicted octanol–water partition coefficient (Wildman–Crippen LogP) is 3.75. The molecule has 0 aliphatic heterocycles. The summed E-state index contributed by atoms with van der Waals surface area (Å²) in [6.07, 6.45) is 4.02. The zero-order chi connectivity index (χ0) is 19.4. The zero-order valence-electron chi connectivity index (χ0n) is 15.5. The highest BCUT2D eigenvalue weighted by Crippen LogP contribution is 2.33. The van der Waals surface area contributed by atoms with E-state index in [1.807, 2.05) is 42.5 Å². The lowest BCUT2D eigenvalue weighted by atomic mass is 10.0. The Morgan fingerprint density at radius 3 is 2.56 bits per heavy atom. The van der Waals surface area contributed by atoms with Crippen LogP contribution in [-0.4, -0.2) is 35.7 Å². The van der Waals surface area contributed by atoms with Crippen molar-refractivity contribution in [3.05, 3.63) is 78.0 Å².